The van der Waals surface area contributed by atoms with Crippen LogP contribution in [0.25, 0.3) is 0 Å². The van der Waals surface area contributed by atoms with Crippen LogP contribution in [0.5, 0.6) is 0 Å². The largest absolute Gasteiger partial charge is 0.480 e. The van der Waals surface area contributed by atoms with Gasteiger partial charge >= 0.3 is 5.97 Å². The maximum Gasteiger partial charge on any atom is 0.323 e. The number of hydrogen-bond donors (Lipinski definition) is 1. The van der Waals surface area contributed by atoms with Crippen LogP contribution in [0.4, 0.5) is 4.39 Å². The molecule has 0 saturated carbocycles. The lowest BCUT2D eigenvalue weighted by Crippen LogP contribution is -2.46. The fourth-order valence-corrected chi connectivity index (χ4v) is 3.60. The zero-order chi connectivity index (χ0) is 18.6. The molecule has 25 heavy (non-hydrogen) atoms. The minimum absolute atomic E-state index is 0.165. The Balaban J connectivity index is 2.40. The zero-order valence-corrected chi connectivity index (χ0v) is 14.6. The molecule has 0 bridgehead atoms. The first-order chi connectivity index (χ1) is 11.8. The average molecular weight is 373 g/mol. The summed E-state index contributed by atoms with van der Waals surface area (Å²) in [6.45, 7) is 1.61. The minimum atomic E-state index is -3.62. The van der Waals surface area contributed by atoms with E-state index in [9.17, 15) is 22.4 Å². The average Bonchev–Trinajstić information content (AvgIpc) is 2.60. The molecule has 138 valence electrons. The second-order valence-electron chi connectivity index (χ2n) is 5.72. The van der Waals surface area contributed by atoms with Crippen LogP contribution >= 0.6 is 0 Å². The quantitative estimate of drug-likeness (QED) is 0.755. The van der Waals surface area contributed by atoms with E-state index in [1.807, 2.05) is 0 Å². The van der Waals surface area contributed by atoms with Crippen LogP contribution in [0.2, 0.25) is 0 Å². The van der Waals surface area contributed by atoms with E-state index < -0.39 is 45.7 Å². The van der Waals surface area contributed by atoms with Crippen molar-refractivity contribution < 1.29 is 32.2 Å². The molecule has 1 aliphatic heterocycles. The summed E-state index contributed by atoms with van der Waals surface area (Å²) in [5.41, 5.74) is -0.442. The second-order valence-corrected chi connectivity index (χ2v) is 7.99. The summed E-state index contributed by atoms with van der Waals surface area (Å²) in [5.74, 6) is -3.13. The van der Waals surface area contributed by atoms with E-state index in [0.717, 1.165) is 23.1 Å². The predicted octanol–water partition coefficient (Wildman–Crippen LogP) is 1.33. The van der Waals surface area contributed by atoms with E-state index in [1.54, 1.807) is 0 Å². The van der Waals surface area contributed by atoms with Crippen molar-refractivity contribution in [2.45, 2.75) is 30.7 Å². The van der Waals surface area contributed by atoms with Gasteiger partial charge in [0.15, 0.2) is 9.84 Å². The number of carbonyl (C=O) groups is 2. The highest BCUT2D eigenvalue weighted by molar-refractivity contribution is 7.91. The number of ether oxygens (including phenoxy) is 1. The van der Waals surface area contributed by atoms with Crippen molar-refractivity contribution >= 4 is 21.7 Å². The number of carboxylic acids is 1. The van der Waals surface area contributed by atoms with E-state index >= 15 is 0 Å². The van der Waals surface area contributed by atoms with Crippen molar-refractivity contribution in [3.05, 3.63) is 29.6 Å². The smallest absolute Gasteiger partial charge is 0.323 e. The molecule has 1 heterocycles. The van der Waals surface area contributed by atoms with Crippen LogP contribution in [0.3, 0.4) is 0 Å². The third-order valence-corrected chi connectivity index (χ3v) is 5.84. The van der Waals surface area contributed by atoms with Gasteiger partial charge in [0.2, 0.25) is 0 Å². The molecule has 0 atom stereocenters. The number of rotatable bonds is 6. The van der Waals surface area contributed by atoms with E-state index in [2.05, 4.69) is 0 Å². The lowest BCUT2D eigenvalue weighted by molar-refractivity contribution is -0.138. The minimum Gasteiger partial charge on any atom is -0.480 e. The lowest BCUT2D eigenvalue weighted by Gasteiger charge is -2.33. The lowest BCUT2D eigenvalue weighted by atomic mass is 10.0. The third-order valence-electron chi connectivity index (χ3n) is 4.11. The molecule has 7 nitrogen and oxygen atoms in total. The van der Waals surface area contributed by atoms with E-state index in [-0.39, 0.29) is 10.6 Å². The molecule has 9 heteroatoms. The first kappa shape index (κ1) is 19.3. The monoisotopic (exact) mass is 373 g/mol. The van der Waals surface area contributed by atoms with Gasteiger partial charge in [0.1, 0.15) is 12.4 Å². The van der Waals surface area contributed by atoms with Crippen LogP contribution in [-0.4, -0.2) is 61.9 Å². The van der Waals surface area contributed by atoms with Crippen molar-refractivity contribution in [3.63, 3.8) is 0 Å². The number of aliphatic carboxylic acids is 1. The Hall–Kier alpha value is -2.00. The van der Waals surface area contributed by atoms with Gasteiger partial charge in [-0.2, -0.15) is 0 Å². The number of carboxylic acid groups (broad SMARTS) is 1. The van der Waals surface area contributed by atoms with Gasteiger partial charge < -0.3 is 14.7 Å². The first-order valence-electron chi connectivity index (χ1n) is 7.89. The highest BCUT2D eigenvalue weighted by atomic mass is 32.2. The molecular formula is C16H20FNO6S. The summed E-state index contributed by atoms with van der Waals surface area (Å²) >= 11 is 0. The molecule has 1 aliphatic rings. The number of hydrogen-bond acceptors (Lipinski definition) is 5. The molecule has 0 radical (unpaired) electrons. The van der Waals surface area contributed by atoms with Gasteiger partial charge in [0.25, 0.3) is 5.91 Å². The van der Waals surface area contributed by atoms with Crippen LogP contribution in [0.1, 0.15) is 30.1 Å². The maximum atomic E-state index is 14.2. The maximum absolute atomic E-state index is 14.2. The van der Waals surface area contributed by atoms with Gasteiger partial charge in [0, 0.05) is 19.3 Å². The molecule has 1 N–H and O–H groups in total. The van der Waals surface area contributed by atoms with Gasteiger partial charge in [-0.15, -0.1) is 0 Å². The predicted molar refractivity (Wildman–Crippen MR) is 86.6 cm³/mol. The van der Waals surface area contributed by atoms with Gasteiger partial charge in [-0.05, 0) is 31.0 Å². The molecule has 1 fully saturated rings. The number of benzene rings is 1. The third kappa shape index (κ3) is 4.55. The van der Waals surface area contributed by atoms with Crippen molar-refractivity contribution in [3.8, 4) is 0 Å². The van der Waals surface area contributed by atoms with Crippen molar-refractivity contribution in [1.29, 1.82) is 0 Å². The zero-order valence-electron chi connectivity index (χ0n) is 13.8. The Labute approximate surface area is 145 Å². The van der Waals surface area contributed by atoms with Gasteiger partial charge in [-0.25, -0.2) is 12.8 Å². The van der Waals surface area contributed by atoms with Crippen LogP contribution in [0.15, 0.2) is 23.1 Å². The van der Waals surface area contributed by atoms with Crippen molar-refractivity contribution in [2.24, 2.45) is 0 Å². The highest BCUT2D eigenvalue weighted by Gasteiger charge is 2.30. The normalized spacial score (nSPS) is 15.8. The Morgan fingerprint density at radius 2 is 1.96 bits per heavy atom. The SMILES string of the molecule is CCS(=O)(=O)c1ccc(F)c(C(=O)N(CC(=O)O)C2CCOCC2)c1. The Morgan fingerprint density at radius 1 is 1.32 bits per heavy atom. The van der Waals surface area contributed by atoms with Gasteiger partial charge in [-0.3, -0.25) is 9.59 Å². The van der Waals surface area contributed by atoms with Gasteiger partial charge in [0.05, 0.1) is 16.2 Å². The fourth-order valence-electron chi connectivity index (χ4n) is 2.69. The molecular weight excluding hydrogens is 353 g/mol. The first-order valence-corrected chi connectivity index (χ1v) is 9.54. The Kier molecular flexibility index (Phi) is 6.12. The number of sulfone groups is 1. The molecule has 1 amide bonds. The number of carbonyl (C=O) groups excluding carboxylic acids is 1. The number of halogens is 1. The molecule has 2 rings (SSSR count). The summed E-state index contributed by atoms with van der Waals surface area (Å²) < 4.78 is 43.3. The van der Waals surface area contributed by atoms with Crippen LogP contribution < -0.4 is 0 Å². The van der Waals surface area contributed by atoms with Crippen molar-refractivity contribution in [1.82, 2.24) is 4.90 Å². The summed E-state index contributed by atoms with van der Waals surface area (Å²) in [5, 5.41) is 9.09. The summed E-state index contributed by atoms with van der Waals surface area (Å²) in [6, 6.07) is 2.59. The van der Waals surface area contributed by atoms with E-state index in [4.69, 9.17) is 9.84 Å². The Bertz CT molecular complexity index is 758. The van der Waals surface area contributed by atoms with Crippen LogP contribution in [0, 0.1) is 5.82 Å². The van der Waals surface area contributed by atoms with Crippen LogP contribution in [-0.2, 0) is 19.4 Å². The molecule has 1 aromatic carbocycles. The molecule has 0 spiro atoms. The van der Waals surface area contributed by atoms with Crippen molar-refractivity contribution in [2.75, 3.05) is 25.5 Å². The Morgan fingerprint density at radius 3 is 2.52 bits per heavy atom. The highest BCUT2D eigenvalue weighted by Crippen LogP contribution is 2.22. The number of amides is 1. The summed E-state index contributed by atoms with van der Waals surface area (Å²) in [7, 11) is -3.62. The van der Waals surface area contributed by atoms with E-state index in [1.165, 1.54) is 6.92 Å². The molecule has 1 aromatic rings. The second kappa shape index (κ2) is 7.92. The fraction of sp³-hybridized carbons (Fsp3) is 0.500. The van der Waals surface area contributed by atoms with E-state index in [0.29, 0.717) is 26.1 Å². The number of nitrogens with zero attached hydrogens (tertiary/aromatic N) is 1. The molecule has 1 saturated heterocycles. The van der Waals surface area contributed by atoms with Gasteiger partial charge in [-0.1, -0.05) is 6.92 Å². The molecule has 0 aromatic heterocycles. The summed E-state index contributed by atoms with van der Waals surface area (Å²) in [4.78, 5) is 24.8. The molecule has 0 aliphatic carbocycles. The summed E-state index contributed by atoms with van der Waals surface area (Å²) in [6.07, 6.45) is 0.876. The standard InChI is InChI=1S/C16H20FNO6S/c1-2-25(22,23)12-3-4-14(17)13(9-12)16(21)18(10-15(19)20)11-5-7-24-8-6-11/h3-4,9,11H,2,5-8,10H2,1H3,(H,19,20). The topological polar surface area (TPSA) is 101 Å². The molecule has 0 unspecified atom stereocenters.